The van der Waals surface area contributed by atoms with Gasteiger partial charge in [-0.05, 0) is 36.8 Å². The van der Waals surface area contributed by atoms with E-state index in [1.165, 1.54) is 36.4 Å². The third-order valence-corrected chi connectivity index (χ3v) is 7.24. The first-order valence-electron chi connectivity index (χ1n) is 11.3. The van der Waals surface area contributed by atoms with E-state index in [4.69, 9.17) is 4.74 Å². The summed E-state index contributed by atoms with van der Waals surface area (Å²) in [5, 5.41) is 11.1. The second-order valence-electron chi connectivity index (χ2n) is 9.18. The number of anilines is 1. The van der Waals surface area contributed by atoms with Gasteiger partial charge in [-0.3, -0.25) is 29.3 Å². The van der Waals surface area contributed by atoms with Gasteiger partial charge in [0, 0.05) is 23.3 Å². The Kier molecular flexibility index (Phi) is 4.58. The number of ether oxygens (including phenoxy) is 1. The topological polar surface area (TPSA) is 124 Å². The molecular formula is C27H18N2O7. The molecule has 9 heteroatoms. The number of aryl methyl sites for hydroxylation is 1. The highest BCUT2D eigenvalue weighted by molar-refractivity contribution is 6.37. The molecule has 36 heavy (non-hydrogen) atoms. The van der Waals surface area contributed by atoms with Crippen LogP contribution < -0.4 is 4.90 Å². The zero-order chi connectivity index (χ0) is 25.4. The number of nitrogens with zero attached hydrogens (tertiary/aromatic N) is 2. The lowest BCUT2D eigenvalue weighted by Gasteiger charge is -2.27. The Morgan fingerprint density at radius 2 is 1.42 bits per heavy atom. The first-order chi connectivity index (χ1) is 17.3. The Hall–Kier alpha value is -4.50. The highest BCUT2D eigenvalue weighted by Gasteiger charge is 2.74. The van der Waals surface area contributed by atoms with E-state index in [0.29, 0.717) is 11.3 Å². The Bertz CT molecular complexity index is 1460. The van der Waals surface area contributed by atoms with E-state index < -0.39 is 51.8 Å². The second-order valence-corrected chi connectivity index (χ2v) is 9.18. The van der Waals surface area contributed by atoms with E-state index in [1.807, 2.05) is 6.92 Å². The van der Waals surface area contributed by atoms with Crippen molar-refractivity contribution in [2.75, 3.05) is 4.90 Å². The highest BCUT2D eigenvalue weighted by Crippen LogP contribution is 2.57. The van der Waals surface area contributed by atoms with Gasteiger partial charge in [0.15, 0.2) is 0 Å². The maximum absolute atomic E-state index is 13.8. The fraction of sp³-hybridized carbons (Fsp3) is 0.185. The van der Waals surface area contributed by atoms with Crippen molar-refractivity contribution in [3.8, 4) is 0 Å². The molecule has 1 aliphatic carbocycles. The fourth-order valence-corrected chi connectivity index (χ4v) is 5.55. The first-order valence-corrected chi connectivity index (χ1v) is 11.3. The molecule has 1 spiro atoms. The van der Waals surface area contributed by atoms with Gasteiger partial charge in [-0.25, -0.2) is 4.90 Å². The summed E-state index contributed by atoms with van der Waals surface area (Å²) >= 11 is 0. The number of Topliss-reactive ketones (excluding diaryl/α,β-unsaturated/α-hetero) is 2. The average Bonchev–Trinajstić information content (AvgIpc) is 3.45. The molecule has 3 aromatic rings. The molecule has 2 aliphatic heterocycles. The van der Waals surface area contributed by atoms with Crippen LogP contribution in [-0.2, 0) is 14.3 Å². The number of benzene rings is 3. The lowest BCUT2D eigenvalue weighted by molar-refractivity contribution is -0.384. The zero-order valence-corrected chi connectivity index (χ0v) is 18.9. The summed E-state index contributed by atoms with van der Waals surface area (Å²) in [5.41, 5.74) is -0.461. The molecule has 0 N–H and O–H groups in total. The minimum atomic E-state index is -2.19. The molecule has 178 valence electrons. The minimum absolute atomic E-state index is 0.139. The number of carbonyl (C=O) groups excluding carboxylic acids is 4. The lowest BCUT2D eigenvalue weighted by Crippen LogP contribution is -2.51. The molecule has 2 saturated heterocycles. The second kappa shape index (κ2) is 7.50. The van der Waals surface area contributed by atoms with E-state index in [2.05, 4.69) is 0 Å². The van der Waals surface area contributed by atoms with E-state index in [9.17, 15) is 29.3 Å². The number of amides is 2. The normalized spacial score (nSPS) is 23.9. The number of rotatable bonds is 3. The van der Waals surface area contributed by atoms with Gasteiger partial charge in [0.25, 0.3) is 5.69 Å². The molecule has 0 bridgehead atoms. The summed E-state index contributed by atoms with van der Waals surface area (Å²) < 4.78 is 6.18. The lowest BCUT2D eigenvalue weighted by atomic mass is 9.77. The molecule has 3 aliphatic rings. The molecule has 3 atom stereocenters. The van der Waals surface area contributed by atoms with Crippen LogP contribution in [0.4, 0.5) is 11.4 Å². The van der Waals surface area contributed by atoms with Crippen molar-refractivity contribution < 1.29 is 28.8 Å². The summed E-state index contributed by atoms with van der Waals surface area (Å²) in [5.74, 6) is -5.14. The van der Waals surface area contributed by atoms with Gasteiger partial charge in [-0.15, -0.1) is 0 Å². The van der Waals surface area contributed by atoms with E-state index in [-0.39, 0.29) is 16.8 Å². The van der Waals surface area contributed by atoms with Crippen molar-refractivity contribution in [2.45, 2.75) is 18.6 Å². The van der Waals surface area contributed by atoms with Gasteiger partial charge in [-0.1, -0.05) is 42.0 Å². The SMILES string of the molecule is Cc1ccc(N2C(=O)[C@@H]3[C@@H](c4ccc([N+](=O)[O-])cc4)OC4(C(=O)c5ccccc5C4=O)[C@H]3C2=O)cc1. The molecule has 0 aromatic heterocycles. The predicted molar refractivity (Wildman–Crippen MR) is 125 cm³/mol. The van der Waals surface area contributed by atoms with E-state index >= 15 is 0 Å². The molecule has 2 fully saturated rings. The number of fused-ring (bicyclic) bond motifs is 3. The van der Waals surface area contributed by atoms with Crippen molar-refractivity contribution >= 4 is 34.8 Å². The maximum atomic E-state index is 13.8. The molecule has 6 rings (SSSR count). The number of hydrogen-bond acceptors (Lipinski definition) is 7. The molecule has 0 saturated carbocycles. The van der Waals surface area contributed by atoms with Crippen molar-refractivity contribution in [1.82, 2.24) is 0 Å². The van der Waals surface area contributed by atoms with Crippen LogP contribution in [0.2, 0.25) is 0 Å². The number of non-ortho nitro benzene ring substituents is 1. The molecule has 0 unspecified atom stereocenters. The van der Waals surface area contributed by atoms with Crippen LogP contribution in [-0.4, -0.2) is 33.9 Å². The van der Waals surface area contributed by atoms with Crippen LogP contribution >= 0.6 is 0 Å². The molecule has 3 aromatic carbocycles. The summed E-state index contributed by atoms with van der Waals surface area (Å²) in [6.07, 6.45) is -1.13. The third-order valence-electron chi connectivity index (χ3n) is 7.24. The quantitative estimate of drug-likeness (QED) is 0.242. The first kappa shape index (κ1) is 22.0. The van der Waals surface area contributed by atoms with Crippen LogP contribution in [0.25, 0.3) is 0 Å². The number of ketones is 2. The van der Waals surface area contributed by atoms with Gasteiger partial charge < -0.3 is 4.74 Å². The average molecular weight is 482 g/mol. The van der Waals surface area contributed by atoms with Gasteiger partial charge in [-0.2, -0.15) is 0 Å². The predicted octanol–water partition coefficient (Wildman–Crippen LogP) is 3.60. The Balaban J connectivity index is 1.52. The standard InChI is InChI=1S/C27H18N2O7/c1-14-6-10-16(11-7-14)28-25(32)20-21(26(28)33)27(23(30)18-4-2-3-5-19(18)24(27)31)36-22(20)15-8-12-17(13-9-15)29(34)35/h2-13,20-22H,1H3/t20-,21+,22+/m0/s1. The highest BCUT2D eigenvalue weighted by atomic mass is 16.6. The van der Waals surface area contributed by atoms with Crippen molar-refractivity contribution in [2.24, 2.45) is 11.8 Å². The number of nitro benzene ring substituents is 1. The molecular weight excluding hydrogens is 464 g/mol. The summed E-state index contributed by atoms with van der Waals surface area (Å²) in [7, 11) is 0. The fourth-order valence-electron chi connectivity index (χ4n) is 5.55. The van der Waals surface area contributed by atoms with Gasteiger partial charge >= 0.3 is 0 Å². The largest absolute Gasteiger partial charge is 0.349 e. The Morgan fingerprint density at radius 1 is 0.833 bits per heavy atom. The smallest absolute Gasteiger partial charge is 0.269 e. The van der Waals surface area contributed by atoms with Crippen molar-refractivity contribution in [3.05, 3.63) is 105 Å². The van der Waals surface area contributed by atoms with Gasteiger partial charge in [0.1, 0.15) is 0 Å². The number of nitro groups is 1. The molecule has 2 amide bonds. The Labute approximate surface area is 204 Å². The minimum Gasteiger partial charge on any atom is -0.349 e. The Morgan fingerprint density at radius 3 is 1.97 bits per heavy atom. The van der Waals surface area contributed by atoms with Crippen LogP contribution in [0.15, 0.2) is 72.8 Å². The van der Waals surface area contributed by atoms with E-state index in [0.717, 1.165) is 10.5 Å². The van der Waals surface area contributed by atoms with Crippen molar-refractivity contribution in [1.29, 1.82) is 0 Å². The molecule has 0 radical (unpaired) electrons. The number of carbonyl (C=O) groups is 4. The van der Waals surface area contributed by atoms with Crippen molar-refractivity contribution in [3.63, 3.8) is 0 Å². The maximum Gasteiger partial charge on any atom is 0.269 e. The number of hydrogen-bond donors (Lipinski definition) is 0. The van der Waals surface area contributed by atoms with Crippen LogP contribution in [0, 0.1) is 28.9 Å². The van der Waals surface area contributed by atoms with Gasteiger partial charge in [0.05, 0.1) is 28.6 Å². The van der Waals surface area contributed by atoms with Crippen LogP contribution in [0.1, 0.15) is 37.9 Å². The summed E-state index contributed by atoms with van der Waals surface area (Å²) in [6, 6.07) is 18.4. The number of imide groups is 1. The summed E-state index contributed by atoms with van der Waals surface area (Å²) in [6.45, 7) is 1.87. The molecule has 2 heterocycles. The van der Waals surface area contributed by atoms with E-state index in [1.54, 1.807) is 36.4 Å². The monoisotopic (exact) mass is 482 g/mol. The zero-order valence-electron chi connectivity index (χ0n) is 18.9. The van der Waals surface area contributed by atoms with Crippen LogP contribution in [0.3, 0.4) is 0 Å². The third kappa shape index (κ3) is 2.74. The summed E-state index contributed by atoms with van der Waals surface area (Å²) in [4.78, 5) is 66.6. The molecule has 9 nitrogen and oxygen atoms in total. The van der Waals surface area contributed by atoms with Crippen LogP contribution in [0.5, 0.6) is 0 Å². The van der Waals surface area contributed by atoms with Gasteiger partial charge in [0.2, 0.25) is 29.0 Å².